The van der Waals surface area contributed by atoms with Gasteiger partial charge in [-0.1, -0.05) is 20.8 Å². The summed E-state index contributed by atoms with van der Waals surface area (Å²) in [5.41, 5.74) is 1.06. The van der Waals surface area contributed by atoms with E-state index < -0.39 is 20.1 Å². The molecule has 0 aromatic heterocycles. The summed E-state index contributed by atoms with van der Waals surface area (Å²) in [6, 6.07) is 3.59. The molecule has 0 amide bonds. The Hall–Kier alpha value is -1.20. The fourth-order valence-corrected chi connectivity index (χ4v) is 3.35. The van der Waals surface area contributed by atoms with Gasteiger partial charge in [0, 0.05) is 25.8 Å². The van der Waals surface area contributed by atoms with Crippen LogP contribution in [-0.4, -0.2) is 20.1 Å². The van der Waals surface area contributed by atoms with E-state index in [-0.39, 0.29) is 10.9 Å². The number of alkyl halides is 1. The molecule has 6 heteroatoms. The quantitative estimate of drug-likeness (QED) is 0.429. The first-order valence-corrected chi connectivity index (χ1v) is 11.1. The summed E-state index contributed by atoms with van der Waals surface area (Å²) in [5, 5.41) is 0.0725. The van der Waals surface area contributed by atoms with Crippen molar-refractivity contribution in [2.24, 2.45) is 0 Å². The fraction of sp³-hybridized carbons (Fsp3) is 0.588. The van der Waals surface area contributed by atoms with Crippen LogP contribution in [0.3, 0.4) is 0 Å². The van der Waals surface area contributed by atoms with E-state index in [4.69, 9.17) is 25.5 Å². The van der Waals surface area contributed by atoms with Crippen molar-refractivity contribution in [2.45, 2.75) is 64.4 Å². The van der Waals surface area contributed by atoms with Gasteiger partial charge in [0.15, 0.2) is 0 Å². The van der Waals surface area contributed by atoms with Crippen LogP contribution in [0.2, 0.25) is 18.1 Å². The van der Waals surface area contributed by atoms with Crippen molar-refractivity contribution in [3.8, 4) is 11.5 Å². The van der Waals surface area contributed by atoms with Crippen molar-refractivity contribution in [3.63, 3.8) is 0 Å². The molecule has 1 aliphatic rings. The second-order valence-electron chi connectivity index (χ2n) is 7.84. The highest BCUT2D eigenvalue weighted by Crippen LogP contribution is 2.41. The lowest BCUT2D eigenvalue weighted by molar-refractivity contribution is -0.127. The Morgan fingerprint density at radius 1 is 1.22 bits per heavy atom. The van der Waals surface area contributed by atoms with Crippen molar-refractivity contribution in [1.82, 2.24) is 0 Å². The largest absolute Gasteiger partial charge is 0.543 e. The van der Waals surface area contributed by atoms with E-state index in [1.807, 2.05) is 6.07 Å². The molecule has 0 saturated carbocycles. The van der Waals surface area contributed by atoms with E-state index in [0.717, 1.165) is 0 Å². The second-order valence-corrected chi connectivity index (χ2v) is 12.8. The van der Waals surface area contributed by atoms with Gasteiger partial charge < -0.3 is 13.9 Å². The molecule has 4 nitrogen and oxygen atoms in total. The Morgan fingerprint density at radius 3 is 2.35 bits per heavy atom. The maximum Gasteiger partial charge on any atom is 0.345 e. The van der Waals surface area contributed by atoms with Crippen molar-refractivity contribution in [2.75, 3.05) is 0 Å². The Morgan fingerprint density at radius 2 is 1.83 bits per heavy atom. The molecule has 128 valence electrons. The molecule has 2 rings (SSSR count). The number of benzene rings is 1. The van der Waals surface area contributed by atoms with Gasteiger partial charge in [-0.05, 0) is 29.8 Å². The lowest BCUT2D eigenvalue weighted by Crippen LogP contribution is -2.44. The van der Waals surface area contributed by atoms with E-state index in [1.54, 1.807) is 19.9 Å². The number of esters is 1. The average Bonchev–Trinajstić information content (AvgIpc) is 2.33. The molecule has 0 N–H and O–H groups in total. The summed E-state index contributed by atoms with van der Waals surface area (Å²) in [7, 11) is -1.99. The monoisotopic (exact) mass is 356 g/mol. The summed E-state index contributed by atoms with van der Waals surface area (Å²) < 4.78 is 17.4. The lowest BCUT2D eigenvalue weighted by Gasteiger charge is -2.37. The van der Waals surface area contributed by atoms with Crippen LogP contribution < -0.4 is 9.16 Å². The summed E-state index contributed by atoms with van der Waals surface area (Å²) in [6.45, 7) is 14.3. The summed E-state index contributed by atoms with van der Waals surface area (Å²) in [5.74, 6) is -0.0560. The highest BCUT2D eigenvalue weighted by molar-refractivity contribution is 6.74. The van der Waals surface area contributed by atoms with Crippen molar-refractivity contribution < 1.29 is 18.7 Å². The zero-order chi connectivity index (χ0) is 17.6. The Kier molecular flexibility index (Phi) is 4.50. The van der Waals surface area contributed by atoms with Gasteiger partial charge in [-0.2, -0.15) is 0 Å². The van der Waals surface area contributed by atoms with Crippen molar-refractivity contribution in [1.29, 1.82) is 0 Å². The fourth-order valence-electron chi connectivity index (χ4n) is 2.13. The molecule has 23 heavy (non-hydrogen) atoms. The van der Waals surface area contributed by atoms with Gasteiger partial charge in [-0.15, -0.1) is 11.6 Å². The highest BCUT2D eigenvalue weighted by Gasteiger charge is 2.40. The molecule has 0 fully saturated rings. The molecule has 0 saturated heterocycles. The average molecular weight is 357 g/mol. The topological polar surface area (TPSA) is 44.8 Å². The number of hydrogen-bond acceptors (Lipinski definition) is 4. The Bertz CT molecular complexity index is 632. The molecule has 0 spiro atoms. The molecule has 0 atom stereocenters. The number of carbonyl (C=O) groups excluding carboxylic acids is 1. The molecular weight excluding hydrogens is 332 g/mol. The van der Waals surface area contributed by atoms with Crippen LogP contribution in [0.15, 0.2) is 12.1 Å². The Balaban J connectivity index is 2.48. The molecule has 0 radical (unpaired) electrons. The standard InChI is InChI=1S/C17H25ClO4Si/c1-16(2,3)23(6,7)22-12-8-11(10-18)14-13(9-12)20-17(4,5)21-15(14)19/h8-9H,10H2,1-7H3. The number of ether oxygens (including phenoxy) is 2. The number of fused-ring (bicyclic) bond motifs is 1. The number of carbonyl (C=O) groups is 1. The number of hydrogen-bond donors (Lipinski definition) is 0. The zero-order valence-corrected chi connectivity index (χ0v) is 16.6. The molecule has 1 aromatic carbocycles. The third-order valence-electron chi connectivity index (χ3n) is 4.38. The number of halogens is 1. The summed E-state index contributed by atoms with van der Waals surface area (Å²) in [6.07, 6.45) is 0. The van der Waals surface area contributed by atoms with E-state index >= 15 is 0 Å². The minimum Gasteiger partial charge on any atom is -0.543 e. The molecule has 1 aromatic rings. The van der Waals surface area contributed by atoms with Gasteiger partial charge in [0.1, 0.15) is 17.1 Å². The normalized spacial score (nSPS) is 17.1. The third kappa shape index (κ3) is 3.66. The zero-order valence-electron chi connectivity index (χ0n) is 14.9. The van der Waals surface area contributed by atoms with Gasteiger partial charge in [-0.25, -0.2) is 4.79 Å². The summed E-state index contributed by atoms with van der Waals surface area (Å²) >= 11 is 6.03. The number of rotatable bonds is 3. The number of cyclic esters (lactones) is 1. The predicted octanol–water partition coefficient (Wildman–Crippen LogP) is 5.09. The lowest BCUT2D eigenvalue weighted by atomic mass is 10.1. The molecule has 1 aliphatic heterocycles. The third-order valence-corrected chi connectivity index (χ3v) is 9.03. The molecule has 0 bridgehead atoms. The van der Waals surface area contributed by atoms with E-state index in [9.17, 15) is 4.79 Å². The minimum absolute atomic E-state index is 0.0725. The van der Waals surface area contributed by atoms with E-state index in [2.05, 4.69) is 33.9 Å². The maximum absolute atomic E-state index is 12.2. The van der Waals surface area contributed by atoms with Gasteiger partial charge in [0.25, 0.3) is 0 Å². The van der Waals surface area contributed by atoms with Gasteiger partial charge in [0.05, 0.1) is 0 Å². The van der Waals surface area contributed by atoms with Gasteiger partial charge >= 0.3 is 5.97 Å². The predicted molar refractivity (Wildman–Crippen MR) is 93.9 cm³/mol. The van der Waals surface area contributed by atoms with Crippen LogP contribution in [0.4, 0.5) is 0 Å². The van der Waals surface area contributed by atoms with Gasteiger partial charge in [-0.3, -0.25) is 0 Å². The van der Waals surface area contributed by atoms with Crippen molar-refractivity contribution in [3.05, 3.63) is 23.3 Å². The van der Waals surface area contributed by atoms with Crippen LogP contribution in [0.1, 0.15) is 50.5 Å². The maximum atomic E-state index is 12.2. The smallest absolute Gasteiger partial charge is 0.345 e. The van der Waals surface area contributed by atoms with Gasteiger partial charge in [0.2, 0.25) is 14.1 Å². The van der Waals surface area contributed by atoms with E-state index in [0.29, 0.717) is 22.6 Å². The van der Waals surface area contributed by atoms with Crippen LogP contribution in [0.5, 0.6) is 11.5 Å². The van der Waals surface area contributed by atoms with Crippen LogP contribution in [0.25, 0.3) is 0 Å². The first kappa shape index (κ1) is 18.1. The summed E-state index contributed by atoms with van der Waals surface area (Å²) in [4.78, 5) is 12.2. The minimum atomic E-state index is -1.99. The molecule has 1 heterocycles. The first-order chi connectivity index (χ1) is 10.4. The van der Waals surface area contributed by atoms with Crippen LogP contribution in [-0.2, 0) is 10.6 Å². The Labute approximate surface area is 144 Å². The SMILES string of the molecule is CC1(C)OC(=O)c2c(CCl)cc(O[Si](C)(C)C(C)(C)C)cc2O1. The van der Waals surface area contributed by atoms with E-state index in [1.165, 1.54) is 0 Å². The molecular formula is C17H25ClO4Si. The van der Waals surface area contributed by atoms with Crippen LogP contribution in [0, 0.1) is 0 Å². The van der Waals surface area contributed by atoms with Crippen molar-refractivity contribution >= 4 is 25.9 Å². The highest BCUT2D eigenvalue weighted by atomic mass is 35.5. The van der Waals surface area contributed by atoms with Crippen LogP contribution >= 0.6 is 11.6 Å². The molecule has 0 unspecified atom stereocenters. The first-order valence-electron chi connectivity index (χ1n) is 7.70. The second kappa shape index (κ2) is 5.71. The molecule has 0 aliphatic carbocycles.